The van der Waals surface area contributed by atoms with Crippen LogP contribution in [0, 0.1) is 11.3 Å². The summed E-state index contributed by atoms with van der Waals surface area (Å²) < 4.78 is 0. The van der Waals surface area contributed by atoms with E-state index in [1.807, 2.05) is 31.3 Å². The van der Waals surface area contributed by atoms with Crippen LogP contribution in [-0.4, -0.2) is 39.1 Å². The minimum atomic E-state index is 0.712. The maximum Gasteiger partial charge on any atom is 0.0992 e. The standard InChI is InChI=1S/C12H17N3/c1-14(2)7-8-15(3)12-6-4-5-11(9-12)10-13/h4-6,9H,7-8H2,1-3H3. The first-order valence-corrected chi connectivity index (χ1v) is 4.99. The summed E-state index contributed by atoms with van der Waals surface area (Å²) in [4.78, 5) is 4.30. The van der Waals surface area contributed by atoms with Gasteiger partial charge in [0, 0.05) is 25.8 Å². The highest BCUT2D eigenvalue weighted by atomic mass is 15.1. The van der Waals surface area contributed by atoms with Gasteiger partial charge < -0.3 is 9.80 Å². The lowest BCUT2D eigenvalue weighted by Crippen LogP contribution is -2.28. The second-order valence-corrected chi connectivity index (χ2v) is 3.89. The first-order chi connectivity index (χ1) is 7.13. The molecule has 0 aliphatic carbocycles. The number of nitriles is 1. The Kier molecular flexibility index (Phi) is 4.14. The Hall–Kier alpha value is -1.53. The summed E-state index contributed by atoms with van der Waals surface area (Å²) in [6, 6.07) is 9.83. The molecule has 3 nitrogen and oxygen atoms in total. The van der Waals surface area contributed by atoms with Gasteiger partial charge in [0.15, 0.2) is 0 Å². The van der Waals surface area contributed by atoms with Crippen LogP contribution in [0.1, 0.15) is 5.56 Å². The first kappa shape index (κ1) is 11.5. The van der Waals surface area contributed by atoms with Crippen molar-refractivity contribution >= 4 is 5.69 Å². The number of hydrogen-bond donors (Lipinski definition) is 0. The highest BCUT2D eigenvalue weighted by molar-refractivity contribution is 5.50. The third kappa shape index (κ3) is 3.61. The van der Waals surface area contributed by atoms with Crippen LogP contribution < -0.4 is 4.90 Å². The molecular weight excluding hydrogens is 186 g/mol. The molecule has 0 fully saturated rings. The molecule has 1 rings (SSSR count). The van der Waals surface area contributed by atoms with E-state index in [2.05, 4.69) is 30.0 Å². The van der Waals surface area contributed by atoms with Crippen LogP contribution in [0.15, 0.2) is 24.3 Å². The van der Waals surface area contributed by atoms with Gasteiger partial charge >= 0.3 is 0 Å². The Balaban J connectivity index is 2.65. The summed E-state index contributed by atoms with van der Waals surface area (Å²) in [6.07, 6.45) is 0. The van der Waals surface area contributed by atoms with Gasteiger partial charge in [0.2, 0.25) is 0 Å². The van der Waals surface area contributed by atoms with Gasteiger partial charge in [0.25, 0.3) is 0 Å². The third-order valence-corrected chi connectivity index (χ3v) is 2.30. The molecule has 0 radical (unpaired) electrons. The zero-order chi connectivity index (χ0) is 11.3. The predicted octanol–water partition coefficient (Wildman–Crippen LogP) is 1.56. The Morgan fingerprint density at radius 2 is 1.93 bits per heavy atom. The van der Waals surface area contributed by atoms with E-state index < -0.39 is 0 Å². The van der Waals surface area contributed by atoms with Crippen molar-refractivity contribution in [3.63, 3.8) is 0 Å². The van der Waals surface area contributed by atoms with Crippen molar-refractivity contribution in [2.24, 2.45) is 0 Å². The molecule has 0 saturated heterocycles. The van der Waals surface area contributed by atoms with E-state index >= 15 is 0 Å². The molecule has 0 aliphatic heterocycles. The fraction of sp³-hybridized carbons (Fsp3) is 0.417. The van der Waals surface area contributed by atoms with Gasteiger partial charge in [0.1, 0.15) is 0 Å². The maximum atomic E-state index is 8.79. The molecule has 0 amide bonds. The molecule has 1 aromatic carbocycles. The molecule has 0 heterocycles. The molecule has 0 N–H and O–H groups in total. The smallest absolute Gasteiger partial charge is 0.0992 e. The molecule has 0 bridgehead atoms. The summed E-state index contributed by atoms with van der Waals surface area (Å²) in [7, 11) is 6.15. The number of rotatable bonds is 4. The quantitative estimate of drug-likeness (QED) is 0.744. The highest BCUT2D eigenvalue weighted by Gasteiger charge is 2.01. The average molecular weight is 203 g/mol. The molecular formula is C12H17N3. The van der Waals surface area contributed by atoms with E-state index in [9.17, 15) is 0 Å². The molecule has 0 aliphatic rings. The largest absolute Gasteiger partial charge is 0.373 e. The lowest BCUT2D eigenvalue weighted by atomic mass is 10.2. The van der Waals surface area contributed by atoms with Gasteiger partial charge in [-0.3, -0.25) is 0 Å². The molecule has 0 aromatic heterocycles. The Morgan fingerprint density at radius 3 is 2.53 bits per heavy atom. The minimum absolute atomic E-state index is 0.712. The zero-order valence-electron chi connectivity index (χ0n) is 9.57. The van der Waals surface area contributed by atoms with E-state index in [-0.39, 0.29) is 0 Å². The van der Waals surface area contributed by atoms with Crippen LogP contribution in [-0.2, 0) is 0 Å². The van der Waals surface area contributed by atoms with Gasteiger partial charge in [-0.25, -0.2) is 0 Å². The van der Waals surface area contributed by atoms with Gasteiger partial charge in [-0.15, -0.1) is 0 Å². The van der Waals surface area contributed by atoms with Crippen LogP contribution in [0.2, 0.25) is 0 Å². The van der Waals surface area contributed by atoms with Crippen LogP contribution in [0.5, 0.6) is 0 Å². The van der Waals surface area contributed by atoms with Crippen molar-refractivity contribution < 1.29 is 0 Å². The molecule has 15 heavy (non-hydrogen) atoms. The van der Waals surface area contributed by atoms with Gasteiger partial charge in [0.05, 0.1) is 11.6 Å². The minimum Gasteiger partial charge on any atom is -0.373 e. The van der Waals surface area contributed by atoms with Crippen LogP contribution in [0.4, 0.5) is 5.69 Å². The summed E-state index contributed by atoms with van der Waals surface area (Å²) in [5.74, 6) is 0. The monoisotopic (exact) mass is 203 g/mol. The maximum absolute atomic E-state index is 8.79. The topological polar surface area (TPSA) is 30.3 Å². The number of nitrogens with zero attached hydrogens (tertiary/aromatic N) is 3. The van der Waals surface area contributed by atoms with Crippen molar-refractivity contribution in [2.75, 3.05) is 39.1 Å². The van der Waals surface area contributed by atoms with Crippen molar-refractivity contribution in [3.8, 4) is 6.07 Å². The van der Waals surface area contributed by atoms with Crippen molar-refractivity contribution in [1.82, 2.24) is 4.90 Å². The third-order valence-electron chi connectivity index (χ3n) is 2.30. The molecule has 3 heteroatoms. The molecule has 80 valence electrons. The summed E-state index contributed by atoms with van der Waals surface area (Å²) >= 11 is 0. The van der Waals surface area contributed by atoms with Gasteiger partial charge in [-0.1, -0.05) is 6.07 Å². The zero-order valence-corrected chi connectivity index (χ0v) is 9.57. The van der Waals surface area contributed by atoms with Crippen LogP contribution >= 0.6 is 0 Å². The van der Waals surface area contributed by atoms with Crippen LogP contribution in [0.25, 0.3) is 0 Å². The summed E-state index contributed by atoms with van der Waals surface area (Å²) in [6.45, 7) is 1.97. The summed E-state index contributed by atoms with van der Waals surface area (Å²) in [5, 5.41) is 8.79. The SMILES string of the molecule is CN(C)CCN(C)c1cccc(C#N)c1. The molecule has 1 aromatic rings. The molecule has 0 unspecified atom stereocenters. The second kappa shape index (κ2) is 5.38. The lowest BCUT2D eigenvalue weighted by Gasteiger charge is -2.21. The number of anilines is 1. The normalized spacial score (nSPS) is 10.1. The van der Waals surface area contributed by atoms with Crippen molar-refractivity contribution in [2.45, 2.75) is 0 Å². The average Bonchev–Trinajstić information content (AvgIpc) is 2.26. The van der Waals surface area contributed by atoms with E-state index in [4.69, 9.17) is 5.26 Å². The molecule has 0 saturated carbocycles. The van der Waals surface area contributed by atoms with E-state index in [1.165, 1.54) is 0 Å². The Morgan fingerprint density at radius 1 is 1.20 bits per heavy atom. The number of likely N-dealkylation sites (N-methyl/N-ethyl adjacent to an activating group) is 2. The van der Waals surface area contributed by atoms with E-state index in [1.54, 1.807) is 0 Å². The van der Waals surface area contributed by atoms with Gasteiger partial charge in [-0.05, 0) is 32.3 Å². The fourth-order valence-electron chi connectivity index (χ4n) is 1.29. The number of benzene rings is 1. The summed E-state index contributed by atoms with van der Waals surface area (Å²) in [5.41, 5.74) is 1.81. The molecule has 0 atom stereocenters. The number of hydrogen-bond acceptors (Lipinski definition) is 3. The van der Waals surface area contributed by atoms with Crippen LogP contribution in [0.3, 0.4) is 0 Å². The van der Waals surface area contributed by atoms with Gasteiger partial charge in [-0.2, -0.15) is 5.26 Å². The Bertz CT molecular complexity index is 352. The van der Waals surface area contributed by atoms with E-state index in [0.717, 1.165) is 18.8 Å². The Labute approximate surface area is 91.5 Å². The van der Waals surface area contributed by atoms with Crippen molar-refractivity contribution in [1.29, 1.82) is 5.26 Å². The second-order valence-electron chi connectivity index (χ2n) is 3.89. The lowest BCUT2D eigenvalue weighted by molar-refractivity contribution is 0.416. The fourth-order valence-corrected chi connectivity index (χ4v) is 1.29. The first-order valence-electron chi connectivity index (χ1n) is 4.99. The highest BCUT2D eigenvalue weighted by Crippen LogP contribution is 2.13. The predicted molar refractivity (Wildman–Crippen MR) is 63.0 cm³/mol. The molecule has 0 spiro atoms. The van der Waals surface area contributed by atoms with E-state index in [0.29, 0.717) is 5.56 Å². The van der Waals surface area contributed by atoms with Crippen molar-refractivity contribution in [3.05, 3.63) is 29.8 Å².